The lowest BCUT2D eigenvalue weighted by molar-refractivity contribution is 0.574. The van der Waals surface area contributed by atoms with Crippen LogP contribution >= 0.6 is 23.2 Å². The third kappa shape index (κ3) is 2.82. The highest BCUT2D eigenvalue weighted by Gasteiger charge is 2.18. The third-order valence-electron chi connectivity index (χ3n) is 3.38. The highest BCUT2D eigenvalue weighted by atomic mass is 35.5. The molecule has 0 radical (unpaired) electrons. The molecule has 1 aromatic heterocycles. The summed E-state index contributed by atoms with van der Waals surface area (Å²) < 4.78 is 5.57. The maximum atomic E-state index is 6.26. The Balaban J connectivity index is 2.10. The average molecular weight is 333 g/mol. The third-order valence-corrected chi connectivity index (χ3v) is 3.87. The molecule has 112 valence electrons. The molecule has 3 rings (SSSR count). The van der Waals surface area contributed by atoms with Gasteiger partial charge in [0.05, 0.1) is 5.02 Å². The minimum Gasteiger partial charge on any atom is -0.427 e. The molecular weight excluding hydrogens is 319 g/mol. The van der Waals surface area contributed by atoms with Gasteiger partial charge in [-0.15, -0.1) is 0 Å². The SMILES string of the molecule is CN(C)c1ccc(-c2nc(Cl)oc2-c2ccccc2Cl)cc1. The number of hydrogen-bond donors (Lipinski definition) is 0. The van der Waals surface area contributed by atoms with Gasteiger partial charge in [-0.05, 0) is 35.9 Å². The number of nitrogens with zero attached hydrogens (tertiary/aromatic N) is 2. The first-order valence-electron chi connectivity index (χ1n) is 6.75. The van der Waals surface area contributed by atoms with Crippen LogP contribution < -0.4 is 4.90 Å². The molecule has 3 aromatic rings. The van der Waals surface area contributed by atoms with Gasteiger partial charge < -0.3 is 9.32 Å². The standard InChI is InChI=1S/C17H14Cl2N2O/c1-21(2)12-9-7-11(8-10-12)15-16(22-17(19)20-15)13-5-3-4-6-14(13)18/h3-10H,1-2H3. The van der Waals surface area contributed by atoms with Crippen molar-refractivity contribution in [2.24, 2.45) is 0 Å². The van der Waals surface area contributed by atoms with Gasteiger partial charge in [-0.3, -0.25) is 0 Å². The number of halogens is 2. The summed E-state index contributed by atoms with van der Waals surface area (Å²) in [6, 6.07) is 15.5. The number of anilines is 1. The second-order valence-electron chi connectivity index (χ2n) is 5.07. The summed E-state index contributed by atoms with van der Waals surface area (Å²) in [6.45, 7) is 0. The Hall–Kier alpha value is -1.97. The van der Waals surface area contributed by atoms with Crippen LogP contribution in [-0.4, -0.2) is 19.1 Å². The normalized spacial score (nSPS) is 10.7. The molecule has 0 saturated heterocycles. The zero-order valence-electron chi connectivity index (χ0n) is 12.2. The Morgan fingerprint density at radius 2 is 1.64 bits per heavy atom. The molecule has 0 fully saturated rings. The average Bonchev–Trinajstić information content (AvgIpc) is 2.89. The van der Waals surface area contributed by atoms with Gasteiger partial charge in [0.15, 0.2) is 5.76 Å². The van der Waals surface area contributed by atoms with Crippen molar-refractivity contribution in [1.29, 1.82) is 0 Å². The van der Waals surface area contributed by atoms with E-state index in [1.54, 1.807) is 0 Å². The predicted molar refractivity (Wildman–Crippen MR) is 91.7 cm³/mol. The first-order chi connectivity index (χ1) is 10.6. The van der Waals surface area contributed by atoms with E-state index in [1.807, 2.05) is 67.5 Å². The Morgan fingerprint density at radius 3 is 2.27 bits per heavy atom. The molecule has 5 heteroatoms. The maximum Gasteiger partial charge on any atom is 0.293 e. The van der Waals surface area contributed by atoms with E-state index in [0.717, 1.165) is 16.8 Å². The molecule has 0 aliphatic heterocycles. The molecular formula is C17H14Cl2N2O. The quantitative estimate of drug-likeness (QED) is 0.644. The molecule has 0 unspecified atom stereocenters. The molecule has 0 spiro atoms. The molecule has 3 nitrogen and oxygen atoms in total. The number of rotatable bonds is 3. The van der Waals surface area contributed by atoms with Crippen LogP contribution in [0.3, 0.4) is 0 Å². The summed E-state index contributed by atoms with van der Waals surface area (Å²) in [5, 5.41) is 0.697. The van der Waals surface area contributed by atoms with Crippen molar-refractivity contribution < 1.29 is 4.42 Å². The summed E-state index contributed by atoms with van der Waals surface area (Å²) >= 11 is 12.2. The second-order valence-corrected chi connectivity index (χ2v) is 5.80. The number of aromatic nitrogens is 1. The van der Waals surface area contributed by atoms with Crippen LogP contribution in [0.15, 0.2) is 52.9 Å². The van der Waals surface area contributed by atoms with E-state index >= 15 is 0 Å². The fourth-order valence-corrected chi connectivity index (χ4v) is 2.62. The van der Waals surface area contributed by atoms with Crippen LogP contribution in [0, 0.1) is 0 Å². The van der Waals surface area contributed by atoms with Crippen LogP contribution in [0.1, 0.15) is 0 Å². The number of oxazole rings is 1. The Kier molecular flexibility index (Phi) is 4.10. The number of benzene rings is 2. The fraction of sp³-hybridized carbons (Fsp3) is 0.118. The van der Waals surface area contributed by atoms with Crippen LogP contribution in [-0.2, 0) is 0 Å². The fourth-order valence-electron chi connectivity index (χ4n) is 2.24. The number of hydrogen-bond acceptors (Lipinski definition) is 3. The predicted octanol–water partition coefficient (Wildman–Crippen LogP) is 5.38. The first kappa shape index (κ1) is 14.9. The summed E-state index contributed by atoms with van der Waals surface area (Å²) in [4.78, 5) is 6.34. The summed E-state index contributed by atoms with van der Waals surface area (Å²) in [5.41, 5.74) is 3.49. The van der Waals surface area contributed by atoms with Crippen molar-refractivity contribution >= 4 is 28.9 Å². The van der Waals surface area contributed by atoms with E-state index in [1.165, 1.54) is 0 Å². The van der Waals surface area contributed by atoms with Crippen molar-refractivity contribution in [2.75, 3.05) is 19.0 Å². The zero-order valence-corrected chi connectivity index (χ0v) is 13.7. The van der Waals surface area contributed by atoms with E-state index in [4.69, 9.17) is 27.6 Å². The minimum atomic E-state index is 0.0987. The van der Waals surface area contributed by atoms with Crippen molar-refractivity contribution in [1.82, 2.24) is 4.98 Å². The van der Waals surface area contributed by atoms with Gasteiger partial charge in [0.25, 0.3) is 5.35 Å². The van der Waals surface area contributed by atoms with Crippen molar-refractivity contribution in [2.45, 2.75) is 0 Å². The molecule has 0 bridgehead atoms. The lowest BCUT2D eigenvalue weighted by Gasteiger charge is -2.12. The summed E-state index contributed by atoms with van der Waals surface area (Å²) in [5.74, 6) is 0.577. The Morgan fingerprint density at radius 1 is 0.955 bits per heavy atom. The van der Waals surface area contributed by atoms with Crippen LogP contribution in [0.25, 0.3) is 22.6 Å². The second kappa shape index (κ2) is 6.03. The molecule has 0 atom stereocenters. The van der Waals surface area contributed by atoms with E-state index in [9.17, 15) is 0 Å². The maximum absolute atomic E-state index is 6.26. The Labute approximate surface area is 139 Å². The smallest absolute Gasteiger partial charge is 0.293 e. The van der Waals surface area contributed by atoms with Crippen LogP contribution in [0.4, 0.5) is 5.69 Å². The monoisotopic (exact) mass is 332 g/mol. The minimum absolute atomic E-state index is 0.0987. The van der Waals surface area contributed by atoms with Gasteiger partial charge in [0.1, 0.15) is 5.69 Å². The lowest BCUT2D eigenvalue weighted by Crippen LogP contribution is -2.07. The van der Waals surface area contributed by atoms with Gasteiger partial charge in [0.2, 0.25) is 0 Å². The van der Waals surface area contributed by atoms with Gasteiger partial charge in [0, 0.05) is 30.9 Å². The lowest BCUT2D eigenvalue weighted by atomic mass is 10.1. The highest BCUT2D eigenvalue weighted by molar-refractivity contribution is 6.33. The van der Waals surface area contributed by atoms with Crippen molar-refractivity contribution in [3.63, 3.8) is 0 Å². The zero-order chi connectivity index (χ0) is 15.7. The van der Waals surface area contributed by atoms with E-state index in [0.29, 0.717) is 16.5 Å². The van der Waals surface area contributed by atoms with Crippen LogP contribution in [0.5, 0.6) is 0 Å². The molecule has 1 heterocycles. The molecule has 0 amide bonds. The Bertz CT molecular complexity index is 795. The molecule has 0 saturated carbocycles. The molecule has 0 aliphatic carbocycles. The highest BCUT2D eigenvalue weighted by Crippen LogP contribution is 2.37. The summed E-state index contributed by atoms with van der Waals surface area (Å²) in [7, 11) is 3.99. The molecule has 22 heavy (non-hydrogen) atoms. The molecule has 0 aliphatic rings. The van der Waals surface area contributed by atoms with Gasteiger partial charge >= 0.3 is 0 Å². The van der Waals surface area contributed by atoms with Crippen LogP contribution in [0.2, 0.25) is 10.4 Å². The van der Waals surface area contributed by atoms with E-state index in [2.05, 4.69) is 4.98 Å². The van der Waals surface area contributed by atoms with Crippen molar-refractivity contribution in [3.8, 4) is 22.6 Å². The van der Waals surface area contributed by atoms with E-state index in [-0.39, 0.29) is 5.35 Å². The topological polar surface area (TPSA) is 29.3 Å². The van der Waals surface area contributed by atoms with Gasteiger partial charge in [-0.2, -0.15) is 4.98 Å². The largest absolute Gasteiger partial charge is 0.427 e. The van der Waals surface area contributed by atoms with Gasteiger partial charge in [-0.25, -0.2) is 0 Å². The van der Waals surface area contributed by atoms with E-state index < -0.39 is 0 Å². The molecule has 2 aromatic carbocycles. The van der Waals surface area contributed by atoms with Crippen molar-refractivity contribution in [3.05, 3.63) is 58.9 Å². The first-order valence-corrected chi connectivity index (χ1v) is 7.51. The summed E-state index contributed by atoms with van der Waals surface area (Å²) in [6.07, 6.45) is 0. The molecule has 0 N–H and O–H groups in total. The van der Waals surface area contributed by atoms with Gasteiger partial charge in [-0.1, -0.05) is 35.9 Å².